The van der Waals surface area contributed by atoms with Gasteiger partial charge in [0.25, 0.3) is 5.91 Å². The first kappa shape index (κ1) is 14.6. The summed E-state index contributed by atoms with van der Waals surface area (Å²) in [6.45, 7) is 0.759. The topological polar surface area (TPSA) is 37.3 Å². The van der Waals surface area contributed by atoms with Crippen molar-refractivity contribution in [2.75, 3.05) is 20.6 Å². The Kier molecular flexibility index (Phi) is 4.07. The average Bonchev–Trinajstić information content (AvgIpc) is 3.22. The first-order valence-electron chi connectivity index (χ1n) is 8.25. The maximum Gasteiger partial charge on any atom is 0.267 e. The molecule has 21 heavy (non-hydrogen) atoms. The second-order valence-corrected chi connectivity index (χ2v) is 6.89. The van der Waals surface area contributed by atoms with Crippen LogP contribution >= 0.6 is 0 Å². The summed E-state index contributed by atoms with van der Waals surface area (Å²) in [6.07, 6.45) is 10.7. The Bertz CT molecular complexity index is 496. The zero-order chi connectivity index (χ0) is 14.9. The molecule has 2 aliphatic rings. The highest BCUT2D eigenvalue weighted by Crippen LogP contribution is 2.36. The molecule has 1 aromatic rings. The van der Waals surface area contributed by atoms with Crippen LogP contribution < -0.4 is 5.32 Å². The Balaban J connectivity index is 1.65. The van der Waals surface area contributed by atoms with Crippen molar-refractivity contribution in [2.45, 2.75) is 56.5 Å². The monoisotopic (exact) mass is 289 g/mol. The first-order chi connectivity index (χ1) is 10.1. The van der Waals surface area contributed by atoms with Gasteiger partial charge in [-0.15, -0.1) is 0 Å². The number of carbonyl (C=O) groups excluding carboxylic acids is 1. The van der Waals surface area contributed by atoms with Gasteiger partial charge < -0.3 is 14.8 Å². The minimum atomic E-state index is 0.0821. The van der Waals surface area contributed by atoms with E-state index in [-0.39, 0.29) is 11.4 Å². The van der Waals surface area contributed by atoms with E-state index >= 15 is 0 Å². The summed E-state index contributed by atoms with van der Waals surface area (Å²) in [5.74, 6) is 0.0821. The number of aromatic nitrogens is 1. The molecule has 1 heterocycles. The van der Waals surface area contributed by atoms with Crippen molar-refractivity contribution >= 4 is 5.91 Å². The largest absolute Gasteiger partial charge is 0.349 e. The van der Waals surface area contributed by atoms with E-state index in [1.54, 1.807) is 0 Å². The van der Waals surface area contributed by atoms with E-state index in [4.69, 9.17) is 0 Å². The maximum absolute atomic E-state index is 12.5. The molecule has 0 unspecified atom stereocenters. The lowest BCUT2D eigenvalue weighted by Crippen LogP contribution is -2.53. The first-order valence-corrected chi connectivity index (χ1v) is 8.25. The van der Waals surface area contributed by atoms with Gasteiger partial charge in [-0.25, -0.2) is 0 Å². The van der Waals surface area contributed by atoms with Crippen molar-refractivity contribution in [1.82, 2.24) is 14.8 Å². The third-order valence-corrected chi connectivity index (χ3v) is 5.26. The van der Waals surface area contributed by atoms with Gasteiger partial charge in [0.2, 0.25) is 0 Å². The summed E-state index contributed by atoms with van der Waals surface area (Å²) in [5, 5.41) is 3.20. The molecule has 0 radical (unpaired) electrons. The summed E-state index contributed by atoms with van der Waals surface area (Å²) >= 11 is 0. The highest BCUT2D eigenvalue weighted by Gasteiger charge is 2.35. The second-order valence-electron chi connectivity index (χ2n) is 6.89. The smallest absolute Gasteiger partial charge is 0.267 e. The third kappa shape index (κ3) is 3.00. The molecule has 1 amide bonds. The van der Waals surface area contributed by atoms with Gasteiger partial charge in [-0.3, -0.25) is 4.79 Å². The fraction of sp³-hybridized carbons (Fsp3) is 0.706. The number of amides is 1. The van der Waals surface area contributed by atoms with Gasteiger partial charge in [-0.2, -0.15) is 0 Å². The Labute approximate surface area is 127 Å². The van der Waals surface area contributed by atoms with Crippen LogP contribution in [-0.2, 0) is 0 Å². The van der Waals surface area contributed by atoms with E-state index in [0.29, 0.717) is 6.04 Å². The maximum atomic E-state index is 12.5. The van der Waals surface area contributed by atoms with Crippen molar-refractivity contribution < 1.29 is 4.79 Å². The molecule has 0 aromatic carbocycles. The van der Waals surface area contributed by atoms with Gasteiger partial charge in [0, 0.05) is 24.3 Å². The highest BCUT2D eigenvalue weighted by atomic mass is 16.2. The molecule has 4 nitrogen and oxygen atoms in total. The summed E-state index contributed by atoms with van der Waals surface area (Å²) in [4.78, 5) is 14.8. The fourth-order valence-corrected chi connectivity index (χ4v) is 3.58. The zero-order valence-electron chi connectivity index (χ0n) is 13.3. The molecule has 0 saturated heterocycles. The van der Waals surface area contributed by atoms with Crippen LogP contribution in [0.3, 0.4) is 0 Å². The molecule has 1 aromatic heterocycles. The Morgan fingerprint density at radius 3 is 2.67 bits per heavy atom. The van der Waals surface area contributed by atoms with Crippen molar-refractivity contribution in [2.24, 2.45) is 0 Å². The van der Waals surface area contributed by atoms with Gasteiger partial charge in [0.15, 0.2) is 0 Å². The van der Waals surface area contributed by atoms with Gasteiger partial charge in [-0.05, 0) is 51.9 Å². The van der Waals surface area contributed by atoms with Crippen LogP contribution in [-0.4, -0.2) is 41.6 Å². The summed E-state index contributed by atoms with van der Waals surface area (Å²) in [6, 6.07) is 4.48. The van der Waals surface area contributed by atoms with Crippen LogP contribution in [0.25, 0.3) is 0 Å². The third-order valence-electron chi connectivity index (χ3n) is 5.26. The number of nitrogens with one attached hydrogen (secondary N) is 1. The summed E-state index contributed by atoms with van der Waals surface area (Å²) in [7, 11) is 4.29. The predicted octanol–water partition coefficient (Wildman–Crippen LogP) is 2.82. The number of hydrogen-bond acceptors (Lipinski definition) is 2. The van der Waals surface area contributed by atoms with Gasteiger partial charge in [0.1, 0.15) is 5.69 Å². The number of nitrogens with zero attached hydrogens (tertiary/aromatic N) is 2. The molecule has 0 spiro atoms. The van der Waals surface area contributed by atoms with Crippen molar-refractivity contribution in [3.8, 4) is 0 Å². The van der Waals surface area contributed by atoms with Crippen LogP contribution in [0.1, 0.15) is 61.5 Å². The molecule has 2 fully saturated rings. The zero-order valence-corrected chi connectivity index (χ0v) is 13.3. The van der Waals surface area contributed by atoms with E-state index in [1.807, 2.05) is 18.3 Å². The lowest BCUT2D eigenvalue weighted by atomic mass is 9.80. The van der Waals surface area contributed by atoms with Crippen LogP contribution in [0, 0.1) is 0 Å². The molecule has 0 aliphatic heterocycles. The standard InChI is InChI=1S/C17H27N3O/c1-19(2)17(10-4-3-5-11-17)13-18-16(21)15-7-6-12-20(15)14-8-9-14/h6-7,12,14H,3-5,8-11,13H2,1-2H3,(H,18,21). The lowest BCUT2D eigenvalue weighted by molar-refractivity contribution is 0.0793. The van der Waals surface area contributed by atoms with Gasteiger partial charge in [-0.1, -0.05) is 19.3 Å². The van der Waals surface area contributed by atoms with Crippen molar-refractivity contribution in [1.29, 1.82) is 0 Å². The normalized spacial score (nSPS) is 21.5. The quantitative estimate of drug-likeness (QED) is 0.905. The molecule has 2 aliphatic carbocycles. The Hall–Kier alpha value is -1.29. The SMILES string of the molecule is CN(C)C1(CNC(=O)c2cccn2C2CC2)CCCCC1. The van der Waals surface area contributed by atoms with Crippen LogP contribution in [0.4, 0.5) is 0 Å². The molecule has 116 valence electrons. The number of likely N-dealkylation sites (N-methyl/N-ethyl adjacent to an activating group) is 1. The molecule has 1 N–H and O–H groups in total. The molecule has 4 heteroatoms. The van der Waals surface area contributed by atoms with Crippen LogP contribution in [0.2, 0.25) is 0 Å². The van der Waals surface area contributed by atoms with E-state index in [2.05, 4.69) is 28.9 Å². The van der Waals surface area contributed by atoms with Crippen molar-refractivity contribution in [3.63, 3.8) is 0 Å². The fourth-order valence-electron chi connectivity index (χ4n) is 3.58. The molecular weight excluding hydrogens is 262 g/mol. The minimum Gasteiger partial charge on any atom is -0.349 e. The minimum absolute atomic E-state index is 0.0821. The second kappa shape index (κ2) is 5.84. The molecular formula is C17H27N3O. The molecule has 3 rings (SSSR count). The van der Waals surface area contributed by atoms with E-state index < -0.39 is 0 Å². The Morgan fingerprint density at radius 1 is 1.33 bits per heavy atom. The van der Waals surface area contributed by atoms with Gasteiger partial charge >= 0.3 is 0 Å². The number of rotatable bonds is 5. The van der Waals surface area contributed by atoms with E-state index in [0.717, 1.165) is 12.2 Å². The van der Waals surface area contributed by atoms with Crippen molar-refractivity contribution in [3.05, 3.63) is 24.0 Å². The molecule has 0 bridgehead atoms. The molecule has 0 atom stereocenters. The summed E-state index contributed by atoms with van der Waals surface area (Å²) in [5.41, 5.74) is 0.965. The Morgan fingerprint density at radius 2 is 2.05 bits per heavy atom. The number of carbonyl (C=O) groups is 1. The highest BCUT2D eigenvalue weighted by molar-refractivity contribution is 5.92. The van der Waals surface area contributed by atoms with Crippen LogP contribution in [0.15, 0.2) is 18.3 Å². The summed E-state index contributed by atoms with van der Waals surface area (Å²) < 4.78 is 2.14. The van der Waals surface area contributed by atoms with E-state index in [1.165, 1.54) is 44.9 Å². The molecule has 2 saturated carbocycles. The van der Waals surface area contributed by atoms with Gasteiger partial charge in [0.05, 0.1) is 0 Å². The van der Waals surface area contributed by atoms with E-state index in [9.17, 15) is 4.79 Å². The average molecular weight is 289 g/mol. The lowest BCUT2D eigenvalue weighted by Gasteiger charge is -2.43. The predicted molar refractivity (Wildman–Crippen MR) is 84.5 cm³/mol. The van der Waals surface area contributed by atoms with Crippen LogP contribution in [0.5, 0.6) is 0 Å². The number of hydrogen-bond donors (Lipinski definition) is 1.